The van der Waals surface area contributed by atoms with Crippen LogP contribution in [0.4, 0.5) is 0 Å². The maximum Gasteiger partial charge on any atom is 0.300 e. The number of aliphatic carboxylic acids is 1. The summed E-state index contributed by atoms with van der Waals surface area (Å²) >= 11 is 0. The van der Waals surface area contributed by atoms with Crippen molar-refractivity contribution in [3.63, 3.8) is 0 Å². The van der Waals surface area contributed by atoms with E-state index in [0.29, 0.717) is 6.10 Å². The van der Waals surface area contributed by atoms with Crippen molar-refractivity contribution in [2.45, 2.75) is 20.0 Å². The first-order valence-electron chi connectivity index (χ1n) is 2.44. The largest absolute Gasteiger partial charge is 0.481 e. The molecule has 0 aliphatic carbocycles. The number of epoxide rings is 1. The second kappa shape index (κ2) is 3.43. The van der Waals surface area contributed by atoms with Gasteiger partial charge < -0.3 is 9.84 Å². The maximum atomic E-state index is 9.00. The highest BCUT2D eigenvalue weighted by molar-refractivity contribution is 5.62. The molecule has 1 N–H and O–H groups in total. The number of carboxylic acids is 1. The minimum absolute atomic E-state index is 0.583. The van der Waals surface area contributed by atoms with E-state index < -0.39 is 5.97 Å². The zero-order valence-corrected chi connectivity index (χ0v) is 5.05. The molecule has 8 heavy (non-hydrogen) atoms. The predicted octanol–water partition coefficient (Wildman–Crippen LogP) is 0.496. The molecular formula is C5H10O3. The Kier molecular flexibility index (Phi) is 3.19. The second-order valence-corrected chi connectivity index (χ2v) is 1.66. The van der Waals surface area contributed by atoms with Crippen molar-refractivity contribution >= 4 is 5.97 Å². The molecule has 0 bridgehead atoms. The van der Waals surface area contributed by atoms with Crippen LogP contribution in [-0.4, -0.2) is 23.8 Å². The fourth-order valence-electron chi connectivity index (χ4n) is 0.0962. The van der Waals surface area contributed by atoms with Crippen molar-refractivity contribution < 1.29 is 14.6 Å². The Labute approximate surface area is 48.3 Å². The number of rotatable bonds is 0. The fourth-order valence-corrected chi connectivity index (χ4v) is 0.0962. The lowest BCUT2D eigenvalue weighted by Crippen LogP contribution is -1.78. The van der Waals surface area contributed by atoms with Crippen LogP contribution in [0, 0.1) is 0 Å². The van der Waals surface area contributed by atoms with Crippen molar-refractivity contribution in [3.05, 3.63) is 0 Å². The van der Waals surface area contributed by atoms with Gasteiger partial charge in [0.05, 0.1) is 12.7 Å². The Morgan fingerprint density at radius 2 is 2.00 bits per heavy atom. The molecule has 0 radical (unpaired) electrons. The van der Waals surface area contributed by atoms with Crippen LogP contribution >= 0.6 is 0 Å². The Morgan fingerprint density at radius 3 is 2.00 bits per heavy atom. The Hall–Kier alpha value is -0.570. The van der Waals surface area contributed by atoms with Crippen LogP contribution < -0.4 is 0 Å². The summed E-state index contributed by atoms with van der Waals surface area (Å²) in [6, 6.07) is 0. The first kappa shape index (κ1) is 7.43. The van der Waals surface area contributed by atoms with Crippen molar-refractivity contribution in [2.75, 3.05) is 6.61 Å². The minimum Gasteiger partial charge on any atom is -0.481 e. The van der Waals surface area contributed by atoms with Gasteiger partial charge in [-0.05, 0) is 6.92 Å². The van der Waals surface area contributed by atoms with E-state index in [1.165, 1.54) is 0 Å². The molecule has 1 aliphatic rings. The molecular weight excluding hydrogens is 108 g/mol. The summed E-state index contributed by atoms with van der Waals surface area (Å²) in [5.74, 6) is -0.833. The highest BCUT2D eigenvalue weighted by atomic mass is 16.6. The third kappa shape index (κ3) is 18.0. The summed E-state index contributed by atoms with van der Waals surface area (Å²) in [4.78, 5) is 9.00. The zero-order valence-electron chi connectivity index (χ0n) is 5.05. The Bertz CT molecular complexity index is 71.7. The standard InChI is InChI=1S/C3H6O.C2H4O2/c1-3-2-4-3;1-2(3)4/h3H,2H2,1H3;1H3,(H,3,4). The van der Waals surface area contributed by atoms with E-state index in [1.54, 1.807) is 0 Å². The van der Waals surface area contributed by atoms with Gasteiger partial charge in [0, 0.05) is 6.92 Å². The first-order valence-corrected chi connectivity index (χ1v) is 2.44. The monoisotopic (exact) mass is 118 g/mol. The normalized spacial score (nSPS) is 23.0. The van der Waals surface area contributed by atoms with E-state index in [9.17, 15) is 0 Å². The molecule has 48 valence electrons. The molecule has 0 spiro atoms. The van der Waals surface area contributed by atoms with Gasteiger partial charge in [0.1, 0.15) is 0 Å². The summed E-state index contributed by atoms with van der Waals surface area (Å²) in [5, 5.41) is 7.42. The molecule has 1 heterocycles. The molecule has 0 aromatic heterocycles. The quantitative estimate of drug-likeness (QED) is 0.471. The van der Waals surface area contributed by atoms with Gasteiger partial charge in [-0.2, -0.15) is 0 Å². The topological polar surface area (TPSA) is 49.8 Å². The SMILES string of the molecule is CC(=O)O.CC1CO1. The average Bonchev–Trinajstić information content (AvgIpc) is 2.19. The lowest BCUT2D eigenvalue weighted by molar-refractivity contribution is -0.134. The molecule has 1 saturated heterocycles. The van der Waals surface area contributed by atoms with Gasteiger partial charge in [0.2, 0.25) is 0 Å². The molecule has 0 amide bonds. The molecule has 1 aliphatic heterocycles. The number of hydrogen-bond acceptors (Lipinski definition) is 2. The van der Waals surface area contributed by atoms with E-state index in [2.05, 4.69) is 6.92 Å². The number of ether oxygens (including phenoxy) is 1. The third-order valence-electron chi connectivity index (χ3n) is 0.500. The van der Waals surface area contributed by atoms with Crippen LogP contribution in [0.25, 0.3) is 0 Å². The van der Waals surface area contributed by atoms with Crippen molar-refractivity contribution in [1.29, 1.82) is 0 Å². The first-order chi connectivity index (χ1) is 3.63. The third-order valence-corrected chi connectivity index (χ3v) is 0.500. The molecule has 1 unspecified atom stereocenters. The molecule has 3 nitrogen and oxygen atoms in total. The molecule has 0 aromatic carbocycles. The van der Waals surface area contributed by atoms with E-state index in [1.807, 2.05) is 0 Å². The summed E-state index contributed by atoms with van der Waals surface area (Å²) in [5.41, 5.74) is 0. The number of carboxylic acid groups (broad SMARTS) is 1. The minimum atomic E-state index is -0.833. The molecule has 3 heteroatoms. The van der Waals surface area contributed by atoms with Gasteiger partial charge in [-0.3, -0.25) is 4.79 Å². The Balaban J connectivity index is 0.000000122. The van der Waals surface area contributed by atoms with Gasteiger partial charge in [0.25, 0.3) is 5.97 Å². The number of carbonyl (C=O) groups is 1. The van der Waals surface area contributed by atoms with Crippen LogP contribution in [0.15, 0.2) is 0 Å². The van der Waals surface area contributed by atoms with E-state index >= 15 is 0 Å². The molecule has 0 saturated carbocycles. The maximum absolute atomic E-state index is 9.00. The lowest BCUT2D eigenvalue weighted by Gasteiger charge is -1.59. The van der Waals surface area contributed by atoms with Crippen molar-refractivity contribution in [3.8, 4) is 0 Å². The van der Waals surface area contributed by atoms with Crippen molar-refractivity contribution in [2.24, 2.45) is 0 Å². The average molecular weight is 118 g/mol. The van der Waals surface area contributed by atoms with Crippen LogP contribution in [-0.2, 0) is 9.53 Å². The van der Waals surface area contributed by atoms with Gasteiger partial charge >= 0.3 is 0 Å². The summed E-state index contributed by atoms with van der Waals surface area (Å²) < 4.78 is 4.71. The molecule has 1 rings (SSSR count). The predicted molar refractivity (Wildman–Crippen MR) is 28.7 cm³/mol. The van der Waals surface area contributed by atoms with E-state index in [0.717, 1.165) is 13.5 Å². The lowest BCUT2D eigenvalue weighted by atomic mass is 10.6. The molecule has 0 aromatic rings. The summed E-state index contributed by atoms with van der Waals surface area (Å²) in [7, 11) is 0. The number of hydrogen-bond donors (Lipinski definition) is 1. The Morgan fingerprint density at radius 1 is 1.88 bits per heavy atom. The molecule has 1 fully saturated rings. The summed E-state index contributed by atoms with van der Waals surface area (Å²) in [6.07, 6.45) is 0.583. The van der Waals surface area contributed by atoms with Gasteiger partial charge in [-0.1, -0.05) is 0 Å². The van der Waals surface area contributed by atoms with Crippen LogP contribution in [0.2, 0.25) is 0 Å². The van der Waals surface area contributed by atoms with Gasteiger partial charge in [0.15, 0.2) is 0 Å². The summed E-state index contributed by atoms with van der Waals surface area (Å²) in [6.45, 7) is 4.12. The fraction of sp³-hybridized carbons (Fsp3) is 0.800. The van der Waals surface area contributed by atoms with Gasteiger partial charge in [-0.25, -0.2) is 0 Å². The van der Waals surface area contributed by atoms with Crippen LogP contribution in [0.1, 0.15) is 13.8 Å². The highest BCUT2D eigenvalue weighted by Gasteiger charge is 2.13. The van der Waals surface area contributed by atoms with Crippen molar-refractivity contribution in [1.82, 2.24) is 0 Å². The second-order valence-electron chi connectivity index (χ2n) is 1.66. The van der Waals surface area contributed by atoms with E-state index in [-0.39, 0.29) is 0 Å². The zero-order chi connectivity index (χ0) is 6.57. The van der Waals surface area contributed by atoms with Crippen LogP contribution in [0.5, 0.6) is 0 Å². The molecule has 1 atom stereocenters. The smallest absolute Gasteiger partial charge is 0.300 e. The highest BCUT2D eigenvalue weighted by Crippen LogP contribution is 2.04. The van der Waals surface area contributed by atoms with Gasteiger partial charge in [-0.15, -0.1) is 0 Å². The van der Waals surface area contributed by atoms with E-state index in [4.69, 9.17) is 14.6 Å². The van der Waals surface area contributed by atoms with Crippen LogP contribution in [0.3, 0.4) is 0 Å².